The Hall–Kier alpha value is -1.46. The summed E-state index contributed by atoms with van der Waals surface area (Å²) in [6, 6.07) is 7.30. The van der Waals surface area contributed by atoms with Gasteiger partial charge in [-0.2, -0.15) is 0 Å². The van der Waals surface area contributed by atoms with Gasteiger partial charge in [0.05, 0.1) is 4.92 Å². The van der Waals surface area contributed by atoms with E-state index in [1.807, 2.05) is 6.07 Å². The maximum absolute atomic E-state index is 10.8. The molecule has 0 aromatic heterocycles. The summed E-state index contributed by atoms with van der Waals surface area (Å²) < 4.78 is 0. The topological polar surface area (TPSA) is 58.4 Å². The number of non-ortho nitro benzene ring substituents is 1. The van der Waals surface area contributed by atoms with Crippen molar-refractivity contribution < 1.29 is 4.92 Å². The quantitative estimate of drug-likeness (QED) is 0.654. The van der Waals surface area contributed by atoms with Crippen LogP contribution >= 0.6 is 0 Å². The summed E-state index contributed by atoms with van der Waals surface area (Å²) >= 11 is 0. The van der Waals surface area contributed by atoms with Crippen LogP contribution in [-0.4, -0.2) is 36.0 Å². The van der Waals surface area contributed by atoms with E-state index in [9.17, 15) is 10.1 Å². The van der Waals surface area contributed by atoms with E-state index in [2.05, 4.69) is 17.1 Å². The van der Waals surface area contributed by atoms with Gasteiger partial charge >= 0.3 is 0 Å². The summed E-state index contributed by atoms with van der Waals surface area (Å²) in [5.41, 5.74) is 1.23. The number of piperazine rings is 1. The number of nitro benzene ring substituents is 1. The first kappa shape index (κ1) is 13.0. The third-order valence-corrected chi connectivity index (χ3v) is 3.44. The Kier molecular flexibility index (Phi) is 4.28. The predicted molar refractivity (Wildman–Crippen MR) is 70.6 cm³/mol. The highest BCUT2D eigenvalue weighted by molar-refractivity contribution is 5.35. The molecule has 1 aromatic carbocycles. The first-order chi connectivity index (χ1) is 8.72. The maximum Gasteiger partial charge on any atom is 0.269 e. The van der Waals surface area contributed by atoms with Gasteiger partial charge in [-0.25, -0.2) is 0 Å². The third kappa shape index (κ3) is 2.86. The van der Waals surface area contributed by atoms with Gasteiger partial charge in [-0.3, -0.25) is 15.0 Å². The van der Waals surface area contributed by atoms with E-state index >= 15 is 0 Å². The second-order valence-corrected chi connectivity index (χ2v) is 4.56. The molecule has 5 heteroatoms. The van der Waals surface area contributed by atoms with Crippen molar-refractivity contribution in [2.75, 3.05) is 26.2 Å². The highest BCUT2D eigenvalue weighted by Crippen LogP contribution is 2.27. The molecule has 0 bridgehead atoms. The maximum atomic E-state index is 10.8. The Morgan fingerprint density at radius 2 is 2.17 bits per heavy atom. The van der Waals surface area contributed by atoms with E-state index in [-0.39, 0.29) is 16.7 Å². The fraction of sp³-hybridized carbons (Fsp3) is 0.538. The number of nitro groups is 1. The molecule has 1 aromatic rings. The Balaban J connectivity index is 2.20. The Morgan fingerprint density at radius 1 is 1.44 bits per heavy atom. The van der Waals surface area contributed by atoms with E-state index in [0.29, 0.717) is 0 Å². The first-order valence-corrected chi connectivity index (χ1v) is 6.41. The van der Waals surface area contributed by atoms with E-state index in [1.54, 1.807) is 18.2 Å². The van der Waals surface area contributed by atoms with E-state index in [0.717, 1.165) is 38.2 Å². The number of nitrogens with one attached hydrogen (secondary N) is 1. The van der Waals surface area contributed by atoms with Gasteiger partial charge in [0, 0.05) is 44.4 Å². The number of rotatable bonds is 4. The van der Waals surface area contributed by atoms with Crippen molar-refractivity contribution in [3.8, 4) is 0 Å². The minimum atomic E-state index is -0.325. The molecule has 1 atom stereocenters. The average molecular weight is 249 g/mol. The van der Waals surface area contributed by atoms with Crippen molar-refractivity contribution in [3.63, 3.8) is 0 Å². The summed E-state index contributed by atoms with van der Waals surface area (Å²) in [6.07, 6.45) is 0.973. The molecule has 0 unspecified atom stereocenters. The largest absolute Gasteiger partial charge is 0.314 e. The zero-order valence-electron chi connectivity index (χ0n) is 10.6. The molecule has 0 radical (unpaired) electrons. The van der Waals surface area contributed by atoms with Gasteiger partial charge in [0.15, 0.2) is 0 Å². The van der Waals surface area contributed by atoms with E-state index in [1.165, 1.54) is 0 Å². The van der Waals surface area contributed by atoms with Gasteiger partial charge in [0.2, 0.25) is 0 Å². The van der Waals surface area contributed by atoms with Crippen LogP contribution in [0.3, 0.4) is 0 Å². The van der Waals surface area contributed by atoms with Crippen LogP contribution in [0.15, 0.2) is 24.3 Å². The molecule has 2 rings (SSSR count). The summed E-state index contributed by atoms with van der Waals surface area (Å²) in [6.45, 7) is 6.12. The molecule has 1 aliphatic heterocycles. The minimum absolute atomic E-state index is 0.182. The zero-order valence-corrected chi connectivity index (χ0v) is 10.6. The van der Waals surface area contributed by atoms with Crippen molar-refractivity contribution in [1.29, 1.82) is 0 Å². The average Bonchev–Trinajstić information content (AvgIpc) is 2.41. The van der Waals surface area contributed by atoms with Crippen LogP contribution in [-0.2, 0) is 0 Å². The van der Waals surface area contributed by atoms with Crippen LogP contribution < -0.4 is 5.32 Å². The van der Waals surface area contributed by atoms with Crippen LogP contribution in [0.2, 0.25) is 0 Å². The van der Waals surface area contributed by atoms with Crippen molar-refractivity contribution >= 4 is 5.69 Å². The van der Waals surface area contributed by atoms with Crippen LogP contribution in [0.25, 0.3) is 0 Å². The van der Waals surface area contributed by atoms with Gasteiger partial charge in [-0.15, -0.1) is 0 Å². The molecular weight excluding hydrogens is 230 g/mol. The molecule has 0 saturated carbocycles. The van der Waals surface area contributed by atoms with Crippen molar-refractivity contribution in [3.05, 3.63) is 39.9 Å². The molecule has 0 spiro atoms. The third-order valence-electron chi connectivity index (χ3n) is 3.44. The highest BCUT2D eigenvalue weighted by Gasteiger charge is 2.21. The number of nitrogens with zero attached hydrogens (tertiary/aromatic N) is 2. The lowest BCUT2D eigenvalue weighted by Gasteiger charge is -2.34. The normalized spacial score (nSPS) is 18.5. The summed E-state index contributed by atoms with van der Waals surface area (Å²) in [7, 11) is 0. The minimum Gasteiger partial charge on any atom is -0.314 e. The molecule has 1 N–H and O–H groups in total. The lowest BCUT2D eigenvalue weighted by molar-refractivity contribution is -0.385. The van der Waals surface area contributed by atoms with E-state index in [4.69, 9.17) is 0 Å². The number of hydrogen-bond acceptors (Lipinski definition) is 4. The fourth-order valence-electron chi connectivity index (χ4n) is 2.54. The van der Waals surface area contributed by atoms with Crippen LogP contribution in [0.1, 0.15) is 24.9 Å². The fourth-order valence-corrected chi connectivity index (χ4v) is 2.54. The van der Waals surface area contributed by atoms with Crippen LogP contribution in [0.4, 0.5) is 5.69 Å². The predicted octanol–water partition coefficient (Wildman–Crippen LogP) is 1.95. The lowest BCUT2D eigenvalue weighted by Crippen LogP contribution is -2.45. The molecule has 98 valence electrons. The Bertz CT molecular complexity index is 416. The van der Waals surface area contributed by atoms with Gasteiger partial charge in [0.25, 0.3) is 5.69 Å². The van der Waals surface area contributed by atoms with Crippen LogP contribution in [0.5, 0.6) is 0 Å². The summed E-state index contributed by atoms with van der Waals surface area (Å²) in [4.78, 5) is 12.9. The zero-order chi connectivity index (χ0) is 13.0. The summed E-state index contributed by atoms with van der Waals surface area (Å²) in [5, 5.41) is 14.1. The monoisotopic (exact) mass is 249 g/mol. The Labute approximate surface area is 107 Å². The van der Waals surface area contributed by atoms with Gasteiger partial charge in [-0.1, -0.05) is 19.1 Å². The second-order valence-electron chi connectivity index (χ2n) is 4.56. The van der Waals surface area contributed by atoms with Gasteiger partial charge in [-0.05, 0) is 12.0 Å². The summed E-state index contributed by atoms with van der Waals surface area (Å²) in [5.74, 6) is 0. The smallest absolute Gasteiger partial charge is 0.269 e. The molecule has 1 heterocycles. The molecule has 1 saturated heterocycles. The standard InChI is InChI=1S/C13H19N3O2/c1-2-13(15-8-6-14-7-9-15)11-4-3-5-12(10-11)16(17)18/h3-5,10,13-14H,2,6-9H2,1H3/t13-/m1/s1. The number of benzene rings is 1. The SMILES string of the molecule is CC[C@H](c1cccc([N+](=O)[O-])c1)N1CCNCC1. The van der Waals surface area contributed by atoms with Crippen molar-refractivity contribution in [2.45, 2.75) is 19.4 Å². The number of hydrogen-bond donors (Lipinski definition) is 1. The van der Waals surface area contributed by atoms with E-state index < -0.39 is 0 Å². The second kappa shape index (κ2) is 5.93. The lowest BCUT2D eigenvalue weighted by atomic mass is 10.0. The molecule has 18 heavy (non-hydrogen) atoms. The van der Waals surface area contributed by atoms with Crippen LogP contribution in [0, 0.1) is 10.1 Å². The van der Waals surface area contributed by atoms with Crippen molar-refractivity contribution in [1.82, 2.24) is 10.2 Å². The Morgan fingerprint density at radius 3 is 2.78 bits per heavy atom. The first-order valence-electron chi connectivity index (χ1n) is 6.41. The molecule has 5 nitrogen and oxygen atoms in total. The van der Waals surface area contributed by atoms with Gasteiger partial charge in [0.1, 0.15) is 0 Å². The molecule has 0 aliphatic carbocycles. The molecule has 1 aliphatic rings. The molecule has 1 fully saturated rings. The molecular formula is C13H19N3O2. The molecule has 0 amide bonds. The highest BCUT2D eigenvalue weighted by atomic mass is 16.6. The van der Waals surface area contributed by atoms with Gasteiger partial charge < -0.3 is 5.32 Å². The van der Waals surface area contributed by atoms with Crippen molar-refractivity contribution in [2.24, 2.45) is 0 Å².